The van der Waals surface area contributed by atoms with E-state index in [1.807, 2.05) is 18.9 Å². The molecule has 0 aliphatic carbocycles. The number of hydrogen-bond donors (Lipinski definition) is 1. The number of rotatable bonds is 6. The first kappa shape index (κ1) is 19.2. The Hall–Kier alpha value is -2.61. The van der Waals surface area contributed by atoms with E-state index in [1.165, 1.54) is 6.20 Å². The van der Waals surface area contributed by atoms with E-state index >= 15 is 0 Å². The maximum absolute atomic E-state index is 12.4. The van der Waals surface area contributed by atoms with Gasteiger partial charge in [0.1, 0.15) is 11.6 Å². The molecule has 1 saturated heterocycles. The summed E-state index contributed by atoms with van der Waals surface area (Å²) in [6, 6.07) is 10.5. The molecule has 1 unspecified atom stereocenters. The molecule has 7 nitrogen and oxygen atoms in total. The number of nitrogens with one attached hydrogen (secondary N) is 1. The first-order chi connectivity index (χ1) is 12.9. The van der Waals surface area contributed by atoms with Gasteiger partial charge in [0.25, 0.3) is 5.91 Å². The molecule has 144 valence electrons. The van der Waals surface area contributed by atoms with Gasteiger partial charge in [-0.3, -0.25) is 4.79 Å². The maximum Gasteiger partial charge on any atom is 0.257 e. The minimum atomic E-state index is -2.95. The molecule has 2 heterocycles. The molecular formula is C19H23N3O4S. The monoisotopic (exact) mass is 389 g/mol. The second-order valence-corrected chi connectivity index (χ2v) is 8.71. The van der Waals surface area contributed by atoms with Crippen molar-refractivity contribution in [2.75, 3.05) is 35.4 Å². The van der Waals surface area contributed by atoms with Gasteiger partial charge in [-0.15, -0.1) is 0 Å². The number of nitrogens with zero attached hydrogens (tertiary/aromatic N) is 2. The smallest absolute Gasteiger partial charge is 0.257 e. The number of carbonyl (C=O) groups excluding carboxylic acids is 1. The van der Waals surface area contributed by atoms with Crippen molar-refractivity contribution in [3.05, 3.63) is 48.2 Å². The third-order valence-electron chi connectivity index (χ3n) is 4.55. The van der Waals surface area contributed by atoms with Gasteiger partial charge >= 0.3 is 0 Å². The Balaban J connectivity index is 1.63. The number of aromatic nitrogens is 1. The average Bonchev–Trinajstić information content (AvgIpc) is 3.03. The van der Waals surface area contributed by atoms with Crippen LogP contribution < -0.4 is 15.0 Å². The van der Waals surface area contributed by atoms with E-state index in [4.69, 9.17) is 4.74 Å². The summed E-state index contributed by atoms with van der Waals surface area (Å²) in [5.74, 6) is 1.49. The summed E-state index contributed by atoms with van der Waals surface area (Å²) >= 11 is 0. The number of anilines is 2. The minimum Gasteiger partial charge on any atom is -0.494 e. The maximum atomic E-state index is 12.4. The third-order valence-corrected chi connectivity index (χ3v) is 6.30. The van der Waals surface area contributed by atoms with Crippen LogP contribution in [0, 0.1) is 0 Å². The second-order valence-electron chi connectivity index (χ2n) is 6.48. The van der Waals surface area contributed by atoms with Crippen LogP contribution in [0.2, 0.25) is 0 Å². The standard InChI is InChI=1S/C19H23N3O4S/c1-3-26-17-7-5-15(6-8-17)21-19(23)14-4-9-18(20-12-14)22(2)16-10-11-27(24,25)13-16/h4-9,12,16H,3,10-11,13H2,1-2H3,(H,21,23). The Morgan fingerprint density at radius 2 is 2.00 bits per heavy atom. The minimum absolute atomic E-state index is 0.0777. The number of pyridine rings is 1. The van der Waals surface area contributed by atoms with Crippen molar-refractivity contribution in [3.8, 4) is 5.75 Å². The number of benzene rings is 1. The molecule has 1 aromatic heterocycles. The van der Waals surface area contributed by atoms with Gasteiger partial charge in [-0.1, -0.05) is 0 Å². The number of ether oxygens (including phenoxy) is 1. The molecule has 1 N–H and O–H groups in total. The van der Waals surface area contributed by atoms with E-state index in [0.717, 1.165) is 5.75 Å². The lowest BCUT2D eigenvalue weighted by atomic mass is 10.2. The van der Waals surface area contributed by atoms with Gasteiger partial charge in [0, 0.05) is 25.0 Å². The zero-order chi connectivity index (χ0) is 19.4. The predicted octanol–water partition coefficient (Wildman–Crippen LogP) is 2.36. The molecule has 1 fully saturated rings. The van der Waals surface area contributed by atoms with E-state index < -0.39 is 9.84 Å². The van der Waals surface area contributed by atoms with Gasteiger partial charge in [-0.05, 0) is 49.7 Å². The van der Waals surface area contributed by atoms with E-state index in [2.05, 4.69) is 10.3 Å². The molecule has 8 heteroatoms. The molecule has 0 spiro atoms. The van der Waals surface area contributed by atoms with Crippen LogP contribution in [0.3, 0.4) is 0 Å². The van der Waals surface area contributed by atoms with Crippen LogP contribution in [-0.4, -0.2) is 50.5 Å². The summed E-state index contributed by atoms with van der Waals surface area (Å²) in [5, 5.41) is 2.81. The fraction of sp³-hybridized carbons (Fsp3) is 0.368. The van der Waals surface area contributed by atoms with Crippen molar-refractivity contribution >= 4 is 27.2 Å². The molecule has 1 aliphatic heterocycles. The van der Waals surface area contributed by atoms with E-state index in [-0.39, 0.29) is 23.5 Å². The first-order valence-corrected chi connectivity index (χ1v) is 10.6. The summed E-state index contributed by atoms with van der Waals surface area (Å²) in [6.07, 6.45) is 2.10. The average molecular weight is 389 g/mol. The molecular weight excluding hydrogens is 366 g/mol. The molecule has 3 rings (SSSR count). The second kappa shape index (κ2) is 7.96. The van der Waals surface area contributed by atoms with E-state index in [0.29, 0.717) is 30.1 Å². The summed E-state index contributed by atoms with van der Waals surface area (Å²) in [4.78, 5) is 18.6. The van der Waals surface area contributed by atoms with Gasteiger partial charge in [0.15, 0.2) is 9.84 Å². The normalized spacial score (nSPS) is 18.1. The SMILES string of the molecule is CCOc1ccc(NC(=O)c2ccc(N(C)C3CCS(=O)(=O)C3)nc2)cc1. The summed E-state index contributed by atoms with van der Waals surface area (Å²) in [7, 11) is -1.13. The van der Waals surface area contributed by atoms with Crippen molar-refractivity contribution in [2.45, 2.75) is 19.4 Å². The molecule has 0 saturated carbocycles. The van der Waals surface area contributed by atoms with Gasteiger partial charge in [-0.2, -0.15) is 0 Å². The number of carbonyl (C=O) groups is 1. The van der Waals surface area contributed by atoms with Crippen molar-refractivity contribution in [3.63, 3.8) is 0 Å². The molecule has 1 atom stereocenters. The van der Waals surface area contributed by atoms with Crippen molar-refractivity contribution < 1.29 is 17.9 Å². The van der Waals surface area contributed by atoms with Crippen LogP contribution in [0.25, 0.3) is 0 Å². The highest BCUT2D eigenvalue weighted by atomic mass is 32.2. The molecule has 2 aromatic rings. The Morgan fingerprint density at radius 3 is 2.56 bits per heavy atom. The van der Waals surface area contributed by atoms with Crippen molar-refractivity contribution in [1.29, 1.82) is 0 Å². The third kappa shape index (κ3) is 4.77. The zero-order valence-corrected chi connectivity index (χ0v) is 16.2. The lowest BCUT2D eigenvalue weighted by Crippen LogP contribution is -2.33. The van der Waals surface area contributed by atoms with Crippen molar-refractivity contribution in [2.24, 2.45) is 0 Å². The lowest BCUT2D eigenvalue weighted by molar-refractivity contribution is 0.102. The quantitative estimate of drug-likeness (QED) is 0.816. The summed E-state index contributed by atoms with van der Waals surface area (Å²) in [5.41, 5.74) is 1.10. The Bertz CT molecular complexity index is 896. The lowest BCUT2D eigenvalue weighted by Gasteiger charge is -2.24. The van der Waals surface area contributed by atoms with Crippen LogP contribution in [0.5, 0.6) is 5.75 Å². The van der Waals surface area contributed by atoms with Gasteiger partial charge in [-0.25, -0.2) is 13.4 Å². The number of sulfone groups is 1. The fourth-order valence-electron chi connectivity index (χ4n) is 3.00. The van der Waals surface area contributed by atoms with Gasteiger partial charge < -0.3 is 15.0 Å². The molecule has 0 bridgehead atoms. The fourth-order valence-corrected chi connectivity index (χ4v) is 4.78. The largest absolute Gasteiger partial charge is 0.494 e. The van der Waals surface area contributed by atoms with E-state index in [9.17, 15) is 13.2 Å². The topological polar surface area (TPSA) is 88.6 Å². The van der Waals surface area contributed by atoms with Crippen LogP contribution in [-0.2, 0) is 9.84 Å². The highest BCUT2D eigenvalue weighted by Crippen LogP contribution is 2.22. The van der Waals surface area contributed by atoms with Crippen LogP contribution >= 0.6 is 0 Å². The van der Waals surface area contributed by atoms with E-state index in [1.54, 1.807) is 36.4 Å². The Labute approximate surface area is 159 Å². The van der Waals surface area contributed by atoms with Crippen LogP contribution in [0.4, 0.5) is 11.5 Å². The van der Waals surface area contributed by atoms with Crippen LogP contribution in [0.15, 0.2) is 42.6 Å². The zero-order valence-electron chi connectivity index (χ0n) is 15.4. The Morgan fingerprint density at radius 1 is 1.26 bits per heavy atom. The van der Waals surface area contributed by atoms with Gasteiger partial charge in [0.2, 0.25) is 0 Å². The molecule has 0 radical (unpaired) electrons. The molecule has 1 aliphatic rings. The Kier molecular flexibility index (Phi) is 5.65. The van der Waals surface area contributed by atoms with Gasteiger partial charge in [0.05, 0.1) is 23.7 Å². The van der Waals surface area contributed by atoms with Crippen molar-refractivity contribution in [1.82, 2.24) is 4.98 Å². The number of amides is 1. The summed E-state index contributed by atoms with van der Waals surface area (Å²) in [6.45, 7) is 2.50. The van der Waals surface area contributed by atoms with Crippen LogP contribution in [0.1, 0.15) is 23.7 Å². The predicted molar refractivity (Wildman–Crippen MR) is 105 cm³/mol. The molecule has 1 amide bonds. The first-order valence-electron chi connectivity index (χ1n) is 8.81. The highest BCUT2D eigenvalue weighted by molar-refractivity contribution is 7.91. The number of hydrogen-bond acceptors (Lipinski definition) is 6. The summed E-state index contributed by atoms with van der Waals surface area (Å²) < 4.78 is 28.7. The molecule has 1 aromatic carbocycles. The highest BCUT2D eigenvalue weighted by Gasteiger charge is 2.31. The molecule has 27 heavy (non-hydrogen) atoms.